The number of rotatable bonds is 6. The molecule has 0 heterocycles. The molecule has 12 heavy (non-hydrogen) atoms. The molecule has 0 N–H and O–H groups in total. The molecule has 0 aliphatic heterocycles. The molecule has 0 aromatic rings. The van der Waals surface area contributed by atoms with Gasteiger partial charge < -0.3 is 13.3 Å². The fraction of sp³-hybridized carbons (Fsp3) is 1.00. The zero-order chi connectivity index (χ0) is 9.61. The van der Waals surface area contributed by atoms with Crippen LogP contribution in [-0.4, -0.2) is 27.4 Å². The van der Waals surface area contributed by atoms with Crippen molar-refractivity contribution in [2.24, 2.45) is 0 Å². The minimum atomic E-state index is -2.84. The molecular formula is C7H17ClO3Si. The zero-order valence-electron chi connectivity index (χ0n) is 8.09. The fourth-order valence-electron chi connectivity index (χ4n) is 0.736. The summed E-state index contributed by atoms with van der Waals surface area (Å²) in [5.74, 6) is 0. The SMILES string of the molecule is CCO[Si](Cl)(OCC)OC(C)C. The van der Waals surface area contributed by atoms with Crippen LogP contribution in [0.4, 0.5) is 0 Å². The van der Waals surface area contributed by atoms with Crippen LogP contribution >= 0.6 is 11.1 Å². The Morgan fingerprint density at radius 1 is 1.17 bits per heavy atom. The van der Waals surface area contributed by atoms with E-state index < -0.39 is 8.11 Å². The van der Waals surface area contributed by atoms with Gasteiger partial charge in [-0.1, -0.05) is 11.1 Å². The van der Waals surface area contributed by atoms with Crippen molar-refractivity contribution in [1.82, 2.24) is 0 Å². The minimum absolute atomic E-state index is 0.0345. The Bertz CT molecular complexity index is 115. The van der Waals surface area contributed by atoms with Crippen molar-refractivity contribution in [3.05, 3.63) is 0 Å². The summed E-state index contributed by atoms with van der Waals surface area (Å²) in [6.07, 6.45) is 0.0345. The molecule has 3 nitrogen and oxygen atoms in total. The van der Waals surface area contributed by atoms with E-state index in [2.05, 4.69) is 0 Å². The van der Waals surface area contributed by atoms with Gasteiger partial charge in [-0.15, -0.1) is 0 Å². The lowest BCUT2D eigenvalue weighted by molar-refractivity contribution is 0.0654. The Kier molecular flexibility index (Phi) is 6.13. The zero-order valence-corrected chi connectivity index (χ0v) is 9.85. The molecule has 0 unspecified atom stereocenters. The van der Waals surface area contributed by atoms with Gasteiger partial charge >= 0.3 is 8.11 Å². The van der Waals surface area contributed by atoms with E-state index in [-0.39, 0.29) is 6.10 Å². The molecule has 74 valence electrons. The molecule has 0 spiro atoms. The summed E-state index contributed by atoms with van der Waals surface area (Å²) < 4.78 is 15.9. The Labute approximate surface area is 80.0 Å². The molecule has 0 aromatic heterocycles. The molecule has 0 fully saturated rings. The molecule has 0 rings (SSSR count). The van der Waals surface area contributed by atoms with E-state index in [1.807, 2.05) is 27.7 Å². The van der Waals surface area contributed by atoms with Crippen LogP contribution in [0.25, 0.3) is 0 Å². The van der Waals surface area contributed by atoms with Crippen molar-refractivity contribution in [2.75, 3.05) is 13.2 Å². The van der Waals surface area contributed by atoms with Crippen LogP contribution in [0.2, 0.25) is 0 Å². The van der Waals surface area contributed by atoms with Gasteiger partial charge in [0.2, 0.25) is 0 Å². The third kappa shape index (κ3) is 5.11. The second-order valence-corrected chi connectivity index (χ2v) is 5.68. The first kappa shape index (κ1) is 12.4. The van der Waals surface area contributed by atoms with E-state index in [4.69, 9.17) is 24.4 Å². The van der Waals surface area contributed by atoms with E-state index in [0.29, 0.717) is 13.2 Å². The summed E-state index contributed by atoms with van der Waals surface area (Å²) in [5, 5.41) is 0. The van der Waals surface area contributed by atoms with Gasteiger partial charge in [0, 0.05) is 19.3 Å². The van der Waals surface area contributed by atoms with Crippen molar-refractivity contribution in [3.8, 4) is 0 Å². The maximum atomic E-state index is 6.01. The lowest BCUT2D eigenvalue weighted by Crippen LogP contribution is -2.42. The van der Waals surface area contributed by atoms with E-state index in [0.717, 1.165) is 0 Å². The molecule has 0 aromatic carbocycles. The molecule has 0 aliphatic rings. The second kappa shape index (κ2) is 5.94. The first-order valence-corrected chi connectivity index (χ1v) is 6.92. The third-order valence-electron chi connectivity index (χ3n) is 1.01. The molecule has 0 radical (unpaired) electrons. The highest BCUT2D eigenvalue weighted by Crippen LogP contribution is 2.16. The van der Waals surface area contributed by atoms with Gasteiger partial charge in [0.25, 0.3) is 0 Å². The van der Waals surface area contributed by atoms with Crippen LogP contribution in [0.3, 0.4) is 0 Å². The summed E-state index contributed by atoms with van der Waals surface area (Å²) in [6.45, 7) is 8.58. The predicted octanol–water partition coefficient (Wildman–Crippen LogP) is 2.16. The molecule has 5 heteroatoms. The molecule has 0 bridgehead atoms. The molecule has 0 aliphatic carbocycles. The van der Waals surface area contributed by atoms with Gasteiger partial charge in [-0.05, 0) is 27.7 Å². The Morgan fingerprint density at radius 3 is 1.83 bits per heavy atom. The normalized spacial score (nSPS) is 12.5. The van der Waals surface area contributed by atoms with Gasteiger partial charge in [-0.25, -0.2) is 0 Å². The number of halogens is 1. The Hall–Kier alpha value is 0.387. The average Bonchev–Trinajstić information content (AvgIpc) is 1.85. The van der Waals surface area contributed by atoms with Crippen LogP contribution in [0.15, 0.2) is 0 Å². The highest BCUT2D eigenvalue weighted by Gasteiger charge is 2.40. The van der Waals surface area contributed by atoms with Crippen LogP contribution in [0, 0.1) is 0 Å². The van der Waals surface area contributed by atoms with Crippen molar-refractivity contribution in [3.63, 3.8) is 0 Å². The first-order valence-electron chi connectivity index (χ1n) is 4.18. The summed E-state index contributed by atoms with van der Waals surface area (Å²) in [6, 6.07) is 0. The lowest BCUT2D eigenvalue weighted by Gasteiger charge is -2.23. The molecule has 0 saturated carbocycles. The maximum Gasteiger partial charge on any atom is 0.613 e. The van der Waals surface area contributed by atoms with Gasteiger partial charge in [-0.2, -0.15) is 0 Å². The van der Waals surface area contributed by atoms with E-state index in [9.17, 15) is 0 Å². The highest BCUT2D eigenvalue weighted by molar-refractivity contribution is 7.09. The molecular weight excluding hydrogens is 196 g/mol. The van der Waals surface area contributed by atoms with Crippen molar-refractivity contribution < 1.29 is 13.3 Å². The smallest absolute Gasteiger partial charge is 0.362 e. The molecule has 0 atom stereocenters. The number of hydrogen-bond donors (Lipinski definition) is 0. The molecule has 0 amide bonds. The second-order valence-electron chi connectivity index (χ2n) is 2.51. The van der Waals surface area contributed by atoms with E-state index in [1.54, 1.807) is 0 Å². The van der Waals surface area contributed by atoms with Gasteiger partial charge in [0.05, 0.1) is 0 Å². The summed E-state index contributed by atoms with van der Waals surface area (Å²) in [7, 11) is -2.84. The summed E-state index contributed by atoms with van der Waals surface area (Å²) >= 11 is 6.01. The lowest BCUT2D eigenvalue weighted by atomic mass is 10.5. The topological polar surface area (TPSA) is 27.7 Å². The van der Waals surface area contributed by atoms with E-state index >= 15 is 0 Å². The van der Waals surface area contributed by atoms with Crippen LogP contribution in [0.1, 0.15) is 27.7 Å². The molecule has 0 saturated heterocycles. The predicted molar refractivity (Wildman–Crippen MR) is 51.1 cm³/mol. The van der Waals surface area contributed by atoms with E-state index in [1.165, 1.54) is 0 Å². The quantitative estimate of drug-likeness (QED) is 0.499. The first-order chi connectivity index (χ1) is 5.54. The average molecular weight is 213 g/mol. The minimum Gasteiger partial charge on any atom is -0.362 e. The van der Waals surface area contributed by atoms with Gasteiger partial charge in [0.1, 0.15) is 0 Å². The fourth-order valence-corrected chi connectivity index (χ4v) is 3.40. The monoisotopic (exact) mass is 212 g/mol. The Balaban J connectivity index is 3.98. The van der Waals surface area contributed by atoms with Gasteiger partial charge in [0.15, 0.2) is 0 Å². The van der Waals surface area contributed by atoms with Crippen molar-refractivity contribution in [1.29, 1.82) is 0 Å². The van der Waals surface area contributed by atoms with Crippen LogP contribution in [0.5, 0.6) is 0 Å². The highest BCUT2D eigenvalue weighted by atomic mass is 35.6. The van der Waals surface area contributed by atoms with Gasteiger partial charge in [-0.3, -0.25) is 0 Å². The van der Waals surface area contributed by atoms with Crippen molar-refractivity contribution >= 4 is 19.2 Å². The summed E-state index contributed by atoms with van der Waals surface area (Å²) in [5.41, 5.74) is 0. The summed E-state index contributed by atoms with van der Waals surface area (Å²) in [4.78, 5) is 0. The van der Waals surface area contributed by atoms with Crippen LogP contribution < -0.4 is 0 Å². The number of hydrogen-bond acceptors (Lipinski definition) is 3. The largest absolute Gasteiger partial charge is 0.613 e. The van der Waals surface area contributed by atoms with Crippen molar-refractivity contribution in [2.45, 2.75) is 33.8 Å². The maximum absolute atomic E-state index is 6.01. The third-order valence-corrected chi connectivity index (χ3v) is 3.95. The Morgan fingerprint density at radius 2 is 1.58 bits per heavy atom. The van der Waals surface area contributed by atoms with Crippen LogP contribution in [-0.2, 0) is 13.3 Å². The standard InChI is InChI=1S/C7H17ClO3Si/c1-5-9-12(8,10-6-2)11-7(3)4/h7H,5-6H2,1-4H3.